The van der Waals surface area contributed by atoms with Gasteiger partial charge in [0.05, 0.1) is 5.69 Å². The van der Waals surface area contributed by atoms with Gasteiger partial charge in [0.25, 0.3) is 0 Å². The third-order valence-electron chi connectivity index (χ3n) is 3.23. The van der Waals surface area contributed by atoms with Gasteiger partial charge in [-0.2, -0.15) is 0 Å². The molecule has 2 aromatic rings. The van der Waals surface area contributed by atoms with E-state index in [-0.39, 0.29) is 11.0 Å². The first-order chi connectivity index (χ1) is 10.9. The quantitative estimate of drug-likeness (QED) is 0.839. The highest BCUT2D eigenvalue weighted by Crippen LogP contribution is 2.29. The van der Waals surface area contributed by atoms with Gasteiger partial charge in [0.1, 0.15) is 0 Å². The Balaban J connectivity index is 2.08. The van der Waals surface area contributed by atoms with Crippen molar-refractivity contribution in [2.75, 3.05) is 5.32 Å². The monoisotopic (exact) mass is 327 g/mol. The second-order valence-electron chi connectivity index (χ2n) is 6.34. The molecule has 23 heavy (non-hydrogen) atoms. The second kappa shape index (κ2) is 7.47. The summed E-state index contributed by atoms with van der Waals surface area (Å²) in [7, 11) is 0. The minimum atomic E-state index is -0.480. The summed E-state index contributed by atoms with van der Waals surface area (Å²) in [5.41, 5.74) is 1.19. The number of nitrogens with one attached hydrogen (secondary N) is 1. The lowest BCUT2D eigenvalue weighted by molar-refractivity contribution is -0.123. The molecule has 120 valence electrons. The average Bonchev–Trinajstić information content (AvgIpc) is 2.49. The van der Waals surface area contributed by atoms with Gasteiger partial charge in [0.2, 0.25) is 5.91 Å². The Morgan fingerprint density at radius 1 is 0.957 bits per heavy atom. The molecule has 4 heteroatoms. The smallest absolute Gasteiger partial charge is 0.229 e. The second-order valence-corrected chi connectivity index (χ2v) is 7.44. The van der Waals surface area contributed by atoms with Gasteiger partial charge in [-0.25, -0.2) is 0 Å². The summed E-state index contributed by atoms with van der Waals surface area (Å²) in [6, 6.07) is 17.0. The molecule has 0 aliphatic rings. The first-order valence-electron chi connectivity index (χ1n) is 7.51. The topological polar surface area (TPSA) is 46.2 Å². The van der Waals surface area contributed by atoms with E-state index in [2.05, 4.69) is 5.32 Å². The number of thioether (sulfide) groups is 1. The largest absolute Gasteiger partial charge is 0.325 e. The lowest BCUT2D eigenvalue weighted by atomic mass is 9.95. The van der Waals surface area contributed by atoms with Crippen molar-refractivity contribution in [3.05, 3.63) is 60.2 Å². The molecule has 0 bridgehead atoms. The average molecular weight is 327 g/mol. The Labute approximate surface area is 141 Å². The highest BCUT2D eigenvalue weighted by atomic mass is 32.2. The van der Waals surface area contributed by atoms with Gasteiger partial charge < -0.3 is 5.32 Å². The maximum atomic E-state index is 12.3. The van der Waals surface area contributed by atoms with Crippen LogP contribution in [0.4, 0.5) is 5.69 Å². The van der Waals surface area contributed by atoms with Crippen LogP contribution in [0.1, 0.15) is 26.3 Å². The van der Waals surface area contributed by atoms with Gasteiger partial charge in [0, 0.05) is 16.7 Å². The Morgan fingerprint density at radius 2 is 1.57 bits per heavy atom. The number of anilines is 1. The predicted octanol–water partition coefficient (Wildman–Crippen LogP) is 4.53. The number of hydrogen-bond donors (Lipinski definition) is 1. The molecule has 0 unspecified atom stereocenters. The molecule has 0 aliphatic heterocycles. The Hall–Kier alpha value is -2.07. The Bertz CT molecular complexity index is 690. The molecule has 0 saturated heterocycles. The first-order valence-corrected chi connectivity index (χ1v) is 8.33. The molecular weight excluding hydrogens is 306 g/mol. The number of amides is 1. The normalized spacial score (nSPS) is 11.1. The van der Waals surface area contributed by atoms with Gasteiger partial charge in [-0.1, -0.05) is 63.2 Å². The summed E-state index contributed by atoms with van der Waals surface area (Å²) in [5, 5.41) is 2.96. The third-order valence-corrected chi connectivity index (χ3v) is 4.18. The zero-order valence-electron chi connectivity index (χ0n) is 13.6. The zero-order valence-corrected chi connectivity index (χ0v) is 14.4. The molecule has 0 spiro atoms. The summed E-state index contributed by atoms with van der Waals surface area (Å²) >= 11 is 1.16. The summed E-state index contributed by atoms with van der Waals surface area (Å²) in [6.07, 6.45) is 0.368. The minimum Gasteiger partial charge on any atom is -0.325 e. The molecular formula is C19H21NO2S. The SMILES string of the molecule is CC(C)(C)C(=O)Nc1ccccc1SC(=O)Cc1ccccc1. The van der Waals surface area contributed by atoms with Crippen molar-refractivity contribution < 1.29 is 9.59 Å². The van der Waals surface area contributed by atoms with Crippen molar-refractivity contribution in [1.29, 1.82) is 0 Å². The van der Waals surface area contributed by atoms with Crippen LogP contribution in [0.15, 0.2) is 59.5 Å². The molecule has 3 nitrogen and oxygen atoms in total. The van der Waals surface area contributed by atoms with E-state index in [4.69, 9.17) is 0 Å². The fraction of sp³-hybridized carbons (Fsp3) is 0.263. The fourth-order valence-electron chi connectivity index (χ4n) is 1.89. The van der Waals surface area contributed by atoms with Crippen LogP contribution in [0.2, 0.25) is 0 Å². The predicted molar refractivity (Wildman–Crippen MR) is 95.5 cm³/mol. The van der Waals surface area contributed by atoms with E-state index in [0.29, 0.717) is 12.1 Å². The lowest BCUT2D eigenvalue weighted by Crippen LogP contribution is -2.27. The first kappa shape index (κ1) is 17.3. The molecule has 0 aliphatic carbocycles. The van der Waals surface area contributed by atoms with Crippen molar-refractivity contribution in [3.8, 4) is 0 Å². The number of carbonyl (C=O) groups is 2. The van der Waals surface area contributed by atoms with Crippen molar-refractivity contribution in [3.63, 3.8) is 0 Å². The maximum absolute atomic E-state index is 12.3. The number of rotatable bonds is 4. The molecule has 2 rings (SSSR count). The van der Waals surface area contributed by atoms with E-state index in [1.54, 1.807) is 0 Å². The van der Waals surface area contributed by atoms with Crippen molar-refractivity contribution in [2.45, 2.75) is 32.1 Å². The van der Waals surface area contributed by atoms with Gasteiger partial charge in [-0.05, 0) is 29.5 Å². The van der Waals surface area contributed by atoms with Crippen LogP contribution in [-0.4, -0.2) is 11.0 Å². The molecule has 0 aromatic heterocycles. The van der Waals surface area contributed by atoms with E-state index in [0.717, 1.165) is 22.2 Å². The van der Waals surface area contributed by atoms with E-state index in [1.807, 2.05) is 75.4 Å². The zero-order chi connectivity index (χ0) is 16.9. The fourth-order valence-corrected chi connectivity index (χ4v) is 2.75. The molecule has 1 N–H and O–H groups in total. The van der Waals surface area contributed by atoms with Crippen molar-refractivity contribution in [1.82, 2.24) is 0 Å². The molecule has 0 saturated carbocycles. The van der Waals surface area contributed by atoms with Crippen LogP contribution < -0.4 is 5.32 Å². The standard InChI is InChI=1S/C19H21NO2S/c1-19(2,3)18(22)20-15-11-7-8-12-16(15)23-17(21)13-14-9-5-4-6-10-14/h4-12H,13H2,1-3H3,(H,20,22). The van der Waals surface area contributed by atoms with Crippen LogP contribution in [0.3, 0.4) is 0 Å². The van der Waals surface area contributed by atoms with Gasteiger partial charge in [0.15, 0.2) is 5.12 Å². The maximum Gasteiger partial charge on any atom is 0.229 e. The summed E-state index contributed by atoms with van der Waals surface area (Å²) in [6.45, 7) is 5.58. The van der Waals surface area contributed by atoms with E-state index in [9.17, 15) is 9.59 Å². The molecule has 0 radical (unpaired) electrons. The van der Waals surface area contributed by atoms with Crippen LogP contribution in [0.5, 0.6) is 0 Å². The Kier molecular flexibility index (Phi) is 5.61. The summed E-state index contributed by atoms with van der Waals surface area (Å²) in [5.74, 6) is -0.0685. The summed E-state index contributed by atoms with van der Waals surface area (Å²) in [4.78, 5) is 25.2. The molecule has 0 atom stereocenters. The van der Waals surface area contributed by atoms with Crippen LogP contribution in [0.25, 0.3) is 0 Å². The highest BCUT2D eigenvalue weighted by molar-refractivity contribution is 8.13. The molecule has 0 heterocycles. The van der Waals surface area contributed by atoms with Crippen molar-refractivity contribution in [2.24, 2.45) is 5.41 Å². The molecule has 2 aromatic carbocycles. The van der Waals surface area contributed by atoms with E-state index >= 15 is 0 Å². The van der Waals surface area contributed by atoms with Gasteiger partial charge in [-0.15, -0.1) is 0 Å². The number of para-hydroxylation sites is 1. The van der Waals surface area contributed by atoms with Gasteiger partial charge >= 0.3 is 0 Å². The minimum absolute atomic E-state index is 0.0497. The van der Waals surface area contributed by atoms with Crippen LogP contribution in [0, 0.1) is 5.41 Å². The number of carbonyl (C=O) groups excluding carboxylic acids is 2. The van der Waals surface area contributed by atoms with Crippen LogP contribution in [-0.2, 0) is 16.0 Å². The third kappa shape index (κ3) is 5.25. The van der Waals surface area contributed by atoms with Crippen molar-refractivity contribution >= 4 is 28.5 Å². The highest BCUT2D eigenvalue weighted by Gasteiger charge is 2.22. The van der Waals surface area contributed by atoms with E-state index < -0.39 is 5.41 Å². The summed E-state index contributed by atoms with van der Waals surface area (Å²) < 4.78 is 0. The number of hydrogen-bond acceptors (Lipinski definition) is 3. The Morgan fingerprint density at radius 3 is 2.22 bits per heavy atom. The van der Waals surface area contributed by atoms with Gasteiger partial charge in [-0.3, -0.25) is 9.59 Å². The van der Waals surface area contributed by atoms with E-state index in [1.165, 1.54) is 0 Å². The molecule has 1 amide bonds. The molecule has 0 fully saturated rings. The van der Waals surface area contributed by atoms with Crippen LogP contribution >= 0.6 is 11.8 Å². The lowest BCUT2D eigenvalue weighted by Gasteiger charge is -2.19. The number of benzene rings is 2.